The van der Waals surface area contributed by atoms with Gasteiger partial charge in [0.15, 0.2) is 0 Å². The van der Waals surface area contributed by atoms with Gasteiger partial charge in [-0.1, -0.05) is 0 Å². The summed E-state index contributed by atoms with van der Waals surface area (Å²) in [6.07, 6.45) is 4.54. The zero-order valence-corrected chi connectivity index (χ0v) is 18.6. The van der Waals surface area contributed by atoms with Gasteiger partial charge in [0, 0.05) is 32.9 Å². The fourth-order valence-corrected chi connectivity index (χ4v) is 5.45. The van der Waals surface area contributed by atoms with Crippen LogP contribution in [0.15, 0.2) is 21.8 Å². The zero-order valence-electron chi connectivity index (χ0n) is 16.2. The number of carbonyl (C=O) groups is 1. The number of rotatable bonds is 6. The maximum absolute atomic E-state index is 13.0. The number of nitrogens with one attached hydrogen (secondary N) is 1. The van der Waals surface area contributed by atoms with Crippen LogP contribution >= 0.6 is 15.9 Å². The van der Waals surface area contributed by atoms with Crippen molar-refractivity contribution in [2.45, 2.75) is 44.7 Å². The third-order valence-electron chi connectivity index (χ3n) is 5.10. The first-order chi connectivity index (χ1) is 13.2. The van der Waals surface area contributed by atoms with E-state index in [4.69, 9.17) is 0 Å². The minimum Gasteiger partial charge on any atom is -0.350 e. The Morgan fingerprint density at radius 1 is 1.43 bits per heavy atom. The first-order valence-electron chi connectivity index (χ1n) is 9.22. The van der Waals surface area contributed by atoms with Crippen molar-refractivity contribution in [3.63, 3.8) is 0 Å². The standard InChI is InChI=1S/C17H25BrN6O3S/c1-4-23-11-14(18)15(21-23)8-19-17(25)13-6-5-7-24(10-13)28(26,27)16-9-20-22(3)12(16)2/h9,11,13H,4-8,10H2,1-3H3,(H,19,25)/t13-/m1/s1. The van der Waals surface area contributed by atoms with Crippen LogP contribution in [0, 0.1) is 12.8 Å². The quantitative estimate of drug-likeness (QED) is 0.684. The molecule has 0 aromatic carbocycles. The number of amides is 1. The molecule has 1 amide bonds. The van der Waals surface area contributed by atoms with Crippen molar-refractivity contribution in [3.05, 3.63) is 28.3 Å². The zero-order chi connectivity index (χ0) is 20.5. The first kappa shape index (κ1) is 21.0. The van der Waals surface area contributed by atoms with Crippen molar-refractivity contribution in [2.75, 3.05) is 13.1 Å². The Morgan fingerprint density at radius 3 is 2.79 bits per heavy atom. The summed E-state index contributed by atoms with van der Waals surface area (Å²) in [6.45, 7) is 5.34. The molecule has 0 bridgehead atoms. The number of halogens is 1. The summed E-state index contributed by atoms with van der Waals surface area (Å²) in [6, 6.07) is 0. The molecular weight excluding hydrogens is 448 g/mol. The number of hydrogen-bond donors (Lipinski definition) is 1. The Hall–Kier alpha value is -1.72. The average molecular weight is 473 g/mol. The molecule has 0 spiro atoms. The normalized spacial score (nSPS) is 18.4. The van der Waals surface area contributed by atoms with E-state index in [9.17, 15) is 13.2 Å². The van der Waals surface area contributed by atoms with Gasteiger partial charge in [-0.15, -0.1) is 0 Å². The molecule has 0 aliphatic carbocycles. The van der Waals surface area contributed by atoms with Crippen LogP contribution in [0.25, 0.3) is 0 Å². The molecular formula is C17H25BrN6O3S. The number of aromatic nitrogens is 4. The molecule has 1 atom stereocenters. The Balaban J connectivity index is 1.66. The molecule has 154 valence electrons. The van der Waals surface area contributed by atoms with E-state index in [0.29, 0.717) is 31.6 Å². The summed E-state index contributed by atoms with van der Waals surface area (Å²) in [7, 11) is -1.96. The Bertz CT molecular complexity index is 968. The first-order valence-corrected chi connectivity index (χ1v) is 11.5. The maximum Gasteiger partial charge on any atom is 0.246 e. The van der Waals surface area contributed by atoms with Gasteiger partial charge in [-0.3, -0.25) is 14.2 Å². The van der Waals surface area contributed by atoms with E-state index in [2.05, 4.69) is 31.4 Å². The third-order valence-corrected chi connectivity index (χ3v) is 7.73. The largest absolute Gasteiger partial charge is 0.350 e. The van der Waals surface area contributed by atoms with Crippen LogP contribution in [0.1, 0.15) is 31.2 Å². The fraction of sp³-hybridized carbons (Fsp3) is 0.588. The molecule has 2 aromatic heterocycles. The highest BCUT2D eigenvalue weighted by atomic mass is 79.9. The van der Waals surface area contributed by atoms with Crippen LogP contribution in [0.5, 0.6) is 0 Å². The predicted octanol–water partition coefficient (Wildman–Crippen LogP) is 1.42. The summed E-state index contributed by atoms with van der Waals surface area (Å²) in [5, 5.41) is 11.3. The van der Waals surface area contributed by atoms with Crippen LogP contribution in [0.3, 0.4) is 0 Å². The summed E-state index contributed by atoms with van der Waals surface area (Å²) in [5.41, 5.74) is 1.34. The van der Waals surface area contributed by atoms with Crippen LogP contribution in [0.4, 0.5) is 0 Å². The number of sulfonamides is 1. The molecule has 3 heterocycles. The summed E-state index contributed by atoms with van der Waals surface area (Å²) in [5.74, 6) is -0.534. The molecule has 1 saturated heterocycles. The molecule has 1 fully saturated rings. The highest BCUT2D eigenvalue weighted by Gasteiger charge is 2.35. The molecule has 0 radical (unpaired) electrons. The molecule has 1 aliphatic rings. The Kier molecular flexibility index (Phi) is 6.25. The van der Waals surface area contributed by atoms with Gasteiger partial charge in [0.25, 0.3) is 0 Å². The van der Waals surface area contributed by atoms with Crippen molar-refractivity contribution in [2.24, 2.45) is 13.0 Å². The van der Waals surface area contributed by atoms with Crippen LogP contribution in [-0.2, 0) is 35.0 Å². The van der Waals surface area contributed by atoms with Gasteiger partial charge in [0.2, 0.25) is 15.9 Å². The van der Waals surface area contributed by atoms with Gasteiger partial charge >= 0.3 is 0 Å². The smallest absolute Gasteiger partial charge is 0.246 e. The Labute approximate surface area is 173 Å². The maximum atomic E-state index is 13.0. The summed E-state index contributed by atoms with van der Waals surface area (Å²) >= 11 is 3.44. The van der Waals surface area contributed by atoms with E-state index in [1.54, 1.807) is 18.7 Å². The van der Waals surface area contributed by atoms with Crippen molar-refractivity contribution in [1.82, 2.24) is 29.2 Å². The number of piperidine rings is 1. The lowest BCUT2D eigenvalue weighted by molar-refractivity contribution is -0.126. The van der Waals surface area contributed by atoms with E-state index in [1.165, 1.54) is 15.2 Å². The molecule has 0 saturated carbocycles. The molecule has 11 heteroatoms. The lowest BCUT2D eigenvalue weighted by Gasteiger charge is -2.31. The lowest BCUT2D eigenvalue weighted by Crippen LogP contribution is -2.45. The minimum absolute atomic E-state index is 0.152. The number of carbonyl (C=O) groups excluding carboxylic acids is 1. The summed E-state index contributed by atoms with van der Waals surface area (Å²) < 4.78 is 31.5. The molecule has 9 nitrogen and oxygen atoms in total. The van der Waals surface area contributed by atoms with Gasteiger partial charge in [0.05, 0.1) is 34.5 Å². The topological polar surface area (TPSA) is 102 Å². The predicted molar refractivity (Wildman–Crippen MR) is 107 cm³/mol. The van der Waals surface area contributed by atoms with E-state index in [1.807, 2.05) is 13.1 Å². The van der Waals surface area contributed by atoms with Gasteiger partial charge in [-0.05, 0) is 42.6 Å². The van der Waals surface area contributed by atoms with E-state index in [0.717, 1.165) is 16.7 Å². The molecule has 2 aromatic rings. The third kappa shape index (κ3) is 4.15. The molecule has 0 unspecified atom stereocenters. The van der Waals surface area contributed by atoms with E-state index >= 15 is 0 Å². The fourth-order valence-electron chi connectivity index (χ4n) is 3.28. The second-order valence-electron chi connectivity index (χ2n) is 6.92. The number of aryl methyl sites for hydroxylation is 2. The monoisotopic (exact) mass is 472 g/mol. The van der Waals surface area contributed by atoms with Gasteiger partial charge < -0.3 is 5.32 Å². The number of hydrogen-bond acceptors (Lipinski definition) is 5. The average Bonchev–Trinajstić information content (AvgIpc) is 3.22. The van der Waals surface area contributed by atoms with E-state index < -0.39 is 10.0 Å². The van der Waals surface area contributed by atoms with E-state index in [-0.39, 0.29) is 23.3 Å². The molecule has 1 N–H and O–H groups in total. The van der Waals surface area contributed by atoms with Gasteiger partial charge in [-0.2, -0.15) is 14.5 Å². The second-order valence-corrected chi connectivity index (χ2v) is 9.68. The molecule has 28 heavy (non-hydrogen) atoms. The molecule has 1 aliphatic heterocycles. The van der Waals surface area contributed by atoms with Crippen molar-refractivity contribution in [3.8, 4) is 0 Å². The number of nitrogens with zero attached hydrogens (tertiary/aromatic N) is 5. The highest BCUT2D eigenvalue weighted by molar-refractivity contribution is 9.10. The lowest BCUT2D eigenvalue weighted by atomic mass is 9.99. The van der Waals surface area contributed by atoms with Crippen molar-refractivity contribution >= 4 is 31.9 Å². The van der Waals surface area contributed by atoms with Crippen LogP contribution in [0.2, 0.25) is 0 Å². The molecule has 3 rings (SSSR count). The SMILES string of the molecule is CCn1cc(Br)c(CNC(=O)[C@@H]2CCCN(S(=O)(=O)c3cnn(C)c3C)C2)n1. The minimum atomic E-state index is -3.67. The second kappa shape index (κ2) is 8.34. The van der Waals surface area contributed by atoms with Crippen LogP contribution < -0.4 is 5.32 Å². The Morgan fingerprint density at radius 2 is 2.18 bits per heavy atom. The highest BCUT2D eigenvalue weighted by Crippen LogP contribution is 2.25. The van der Waals surface area contributed by atoms with Gasteiger partial charge in [-0.25, -0.2) is 8.42 Å². The summed E-state index contributed by atoms with van der Waals surface area (Å²) in [4.78, 5) is 12.8. The van der Waals surface area contributed by atoms with Gasteiger partial charge in [0.1, 0.15) is 4.90 Å². The van der Waals surface area contributed by atoms with Crippen molar-refractivity contribution in [1.29, 1.82) is 0 Å². The van der Waals surface area contributed by atoms with Crippen molar-refractivity contribution < 1.29 is 13.2 Å². The van der Waals surface area contributed by atoms with Crippen LogP contribution in [-0.4, -0.2) is 51.3 Å².